The first-order chi connectivity index (χ1) is 26.8. The van der Waals surface area contributed by atoms with Crippen molar-refractivity contribution in [2.24, 2.45) is 0 Å². The van der Waals surface area contributed by atoms with Gasteiger partial charge >= 0.3 is 0 Å². The van der Waals surface area contributed by atoms with Crippen LogP contribution in [0.1, 0.15) is 0 Å². The standard InChI is InChI=1S/C52H36N2/c1-3-18-38(19-4-1)44-25-9-10-26-45(44)41-23-15-24-42(36-41)53-49-30-14-12-28-47(49)52-50(53)31-16-32-51(52)54(43-34-33-37-17-7-8-22-40(37)35-43)48-29-13-11-27-46(48)39-20-5-2-6-21-39/h1-36H. The summed E-state index contributed by atoms with van der Waals surface area (Å²) in [5, 5.41) is 4.85. The highest BCUT2D eigenvalue weighted by atomic mass is 15.2. The lowest BCUT2D eigenvalue weighted by Crippen LogP contribution is -2.11. The second-order valence-electron chi connectivity index (χ2n) is 13.7. The van der Waals surface area contributed by atoms with Crippen LogP contribution < -0.4 is 4.90 Å². The van der Waals surface area contributed by atoms with Crippen LogP contribution in [0.15, 0.2) is 218 Å². The Hall–Kier alpha value is -7.16. The van der Waals surface area contributed by atoms with Crippen LogP contribution in [0.2, 0.25) is 0 Å². The molecule has 0 N–H and O–H groups in total. The molecule has 10 rings (SSSR count). The minimum atomic E-state index is 1.11. The van der Waals surface area contributed by atoms with Gasteiger partial charge in [-0.2, -0.15) is 0 Å². The van der Waals surface area contributed by atoms with Crippen molar-refractivity contribution in [1.82, 2.24) is 4.57 Å². The summed E-state index contributed by atoms with van der Waals surface area (Å²) in [7, 11) is 0. The molecule has 0 amide bonds. The molecule has 0 aliphatic carbocycles. The summed E-state index contributed by atoms with van der Waals surface area (Å²) < 4.78 is 2.43. The van der Waals surface area contributed by atoms with Crippen molar-refractivity contribution in [2.75, 3.05) is 4.90 Å². The quantitative estimate of drug-likeness (QED) is 0.162. The van der Waals surface area contributed by atoms with Crippen LogP contribution in [-0.4, -0.2) is 4.57 Å². The van der Waals surface area contributed by atoms with Gasteiger partial charge in [0.05, 0.1) is 22.4 Å². The number of rotatable bonds is 7. The lowest BCUT2D eigenvalue weighted by atomic mass is 9.94. The summed E-state index contributed by atoms with van der Waals surface area (Å²) in [4.78, 5) is 2.46. The molecule has 0 aliphatic heterocycles. The van der Waals surface area contributed by atoms with Crippen LogP contribution in [0.4, 0.5) is 17.1 Å². The van der Waals surface area contributed by atoms with E-state index in [1.807, 2.05) is 0 Å². The molecule has 0 spiro atoms. The molecule has 1 heterocycles. The van der Waals surface area contributed by atoms with E-state index in [0.717, 1.165) is 28.3 Å². The molecule has 0 aliphatic rings. The molecular weight excluding hydrogens is 653 g/mol. The topological polar surface area (TPSA) is 8.17 Å². The van der Waals surface area contributed by atoms with Crippen LogP contribution in [0.25, 0.3) is 71.6 Å². The van der Waals surface area contributed by atoms with E-state index in [9.17, 15) is 0 Å². The summed E-state index contributed by atoms with van der Waals surface area (Å²) >= 11 is 0. The van der Waals surface area contributed by atoms with E-state index < -0.39 is 0 Å². The van der Waals surface area contributed by atoms with Crippen LogP contribution >= 0.6 is 0 Å². The lowest BCUT2D eigenvalue weighted by Gasteiger charge is -2.29. The number of hydrogen-bond donors (Lipinski definition) is 0. The molecule has 0 bridgehead atoms. The highest BCUT2D eigenvalue weighted by molar-refractivity contribution is 6.17. The lowest BCUT2D eigenvalue weighted by molar-refractivity contribution is 1.18. The van der Waals surface area contributed by atoms with Crippen molar-refractivity contribution in [3.63, 3.8) is 0 Å². The number of fused-ring (bicyclic) bond motifs is 4. The highest BCUT2D eigenvalue weighted by Gasteiger charge is 2.23. The molecule has 54 heavy (non-hydrogen) atoms. The largest absolute Gasteiger partial charge is 0.309 e. The fourth-order valence-electron chi connectivity index (χ4n) is 8.14. The number of aromatic nitrogens is 1. The molecule has 254 valence electrons. The van der Waals surface area contributed by atoms with Crippen LogP contribution in [0.3, 0.4) is 0 Å². The zero-order valence-corrected chi connectivity index (χ0v) is 29.7. The van der Waals surface area contributed by atoms with Crippen LogP contribution in [0, 0.1) is 0 Å². The first-order valence-electron chi connectivity index (χ1n) is 18.5. The SMILES string of the molecule is c1ccc(-c2ccccc2-c2cccc(-n3c4ccccc4c4c(N(c5ccc6ccccc6c5)c5ccccc5-c5ccccc5)cccc43)c2)cc1. The molecule has 0 fully saturated rings. The molecule has 1 aromatic heterocycles. The van der Waals surface area contributed by atoms with Gasteiger partial charge in [-0.25, -0.2) is 0 Å². The van der Waals surface area contributed by atoms with Crippen LogP contribution in [-0.2, 0) is 0 Å². The van der Waals surface area contributed by atoms with Gasteiger partial charge in [-0.1, -0.05) is 170 Å². The second kappa shape index (κ2) is 13.4. The summed E-state index contributed by atoms with van der Waals surface area (Å²) in [6.45, 7) is 0. The Morgan fingerprint density at radius 3 is 1.69 bits per heavy atom. The summed E-state index contributed by atoms with van der Waals surface area (Å²) in [5.74, 6) is 0. The molecular formula is C52H36N2. The molecule has 0 saturated heterocycles. The predicted molar refractivity (Wildman–Crippen MR) is 229 cm³/mol. The Bertz CT molecular complexity index is 2940. The maximum absolute atomic E-state index is 2.46. The molecule has 0 radical (unpaired) electrons. The summed E-state index contributed by atoms with van der Waals surface area (Å²) in [6.07, 6.45) is 0. The third-order valence-electron chi connectivity index (χ3n) is 10.6. The van der Waals surface area contributed by atoms with Crippen molar-refractivity contribution in [3.05, 3.63) is 218 Å². The van der Waals surface area contributed by atoms with Gasteiger partial charge < -0.3 is 9.47 Å². The summed E-state index contributed by atoms with van der Waals surface area (Å²) in [6, 6.07) is 78.9. The van der Waals surface area contributed by atoms with Gasteiger partial charge in [-0.15, -0.1) is 0 Å². The van der Waals surface area contributed by atoms with Gasteiger partial charge in [-0.05, 0) is 87.1 Å². The first-order valence-corrected chi connectivity index (χ1v) is 18.5. The predicted octanol–water partition coefficient (Wildman–Crippen LogP) is 14.4. The Morgan fingerprint density at radius 2 is 0.889 bits per heavy atom. The number of benzene rings is 9. The Kier molecular flexibility index (Phi) is 7.85. The molecule has 0 saturated carbocycles. The van der Waals surface area contributed by atoms with Crippen molar-refractivity contribution >= 4 is 49.6 Å². The van der Waals surface area contributed by atoms with E-state index in [1.165, 1.54) is 60.4 Å². The molecule has 9 aromatic carbocycles. The Labute approximate surface area is 315 Å². The van der Waals surface area contributed by atoms with E-state index >= 15 is 0 Å². The second-order valence-corrected chi connectivity index (χ2v) is 13.7. The highest BCUT2D eigenvalue weighted by Crippen LogP contribution is 2.47. The smallest absolute Gasteiger partial charge is 0.0562 e. The third-order valence-corrected chi connectivity index (χ3v) is 10.6. The maximum atomic E-state index is 2.46. The zero-order chi connectivity index (χ0) is 35.8. The maximum Gasteiger partial charge on any atom is 0.0562 e. The Balaban J connectivity index is 1.22. The summed E-state index contributed by atoms with van der Waals surface area (Å²) in [5.41, 5.74) is 14.0. The molecule has 0 atom stereocenters. The Morgan fingerprint density at radius 1 is 0.333 bits per heavy atom. The average Bonchev–Trinajstić information content (AvgIpc) is 3.60. The van der Waals surface area contributed by atoms with E-state index in [4.69, 9.17) is 0 Å². The van der Waals surface area contributed by atoms with Gasteiger partial charge in [0.25, 0.3) is 0 Å². The van der Waals surface area contributed by atoms with Crippen molar-refractivity contribution in [1.29, 1.82) is 0 Å². The minimum absolute atomic E-state index is 1.11. The van der Waals surface area contributed by atoms with Crippen LogP contribution in [0.5, 0.6) is 0 Å². The average molecular weight is 689 g/mol. The van der Waals surface area contributed by atoms with E-state index in [0.29, 0.717) is 0 Å². The van der Waals surface area contributed by atoms with Crippen molar-refractivity contribution in [3.8, 4) is 39.1 Å². The van der Waals surface area contributed by atoms with Gasteiger partial charge in [0.15, 0.2) is 0 Å². The van der Waals surface area contributed by atoms with E-state index in [2.05, 4.69) is 228 Å². The monoisotopic (exact) mass is 688 g/mol. The molecule has 0 unspecified atom stereocenters. The third kappa shape index (κ3) is 5.44. The number of nitrogens with zero attached hydrogens (tertiary/aromatic N) is 2. The van der Waals surface area contributed by atoms with Gasteiger partial charge in [0, 0.05) is 27.7 Å². The van der Waals surface area contributed by atoms with Gasteiger partial charge in [0.2, 0.25) is 0 Å². The van der Waals surface area contributed by atoms with Crippen molar-refractivity contribution in [2.45, 2.75) is 0 Å². The van der Waals surface area contributed by atoms with E-state index in [-0.39, 0.29) is 0 Å². The fraction of sp³-hybridized carbons (Fsp3) is 0. The fourth-order valence-corrected chi connectivity index (χ4v) is 8.14. The van der Waals surface area contributed by atoms with Crippen molar-refractivity contribution < 1.29 is 0 Å². The number of para-hydroxylation sites is 2. The number of anilines is 3. The zero-order valence-electron chi connectivity index (χ0n) is 29.7. The first kappa shape index (κ1) is 31.6. The van der Waals surface area contributed by atoms with E-state index in [1.54, 1.807) is 0 Å². The van der Waals surface area contributed by atoms with Gasteiger partial charge in [-0.3, -0.25) is 0 Å². The van der Waals surface area contributed by atoms with Gasteiger partial charge in [0.1, 0.15) is 0 Å². The molecule has 2 heteroatoms. The number of hydrogen-bond acceptors (Lipinski definition) is 1. The normalized spacial score (nSPS) is 11.3. The molecule has 2 nitrogen and oxygen atoms in total. The molecule has 10 aromatic rings. The minimum Gasteiger partial charge on any atom is -0.309 e.